The molecular weight excluding hydrogens is 368 g/mol. The maximum Gasteiger partial charge on any atom is 0.326 e. The van der Waals surface area contributed by atoms with Crippen LogP contribution in [0.4, 0.5) is 5.69 Å². The molecule has 0 aliphatic carbocycles. The number of nitro groups is 1. The van der Waals surface area contributed by atoms with Crippen LogP contribution >= 0.6 is 0 Å². The van der Waals surface area contributed by atoms with Crippen LogP contribution in [0.25, 0.3) is 5.69 Å². The number of aliphatic carboxylic acids is 1. The number of nitrogens with zero attached hydrogens (tertiary/aromatic N) is 3. The Balaban J connectivity index is 2.52. The fraction of sp³-hybridized carbons (Fsp3) is 0.333. The van der Waals surface area contributed by atoms with Crippen LogP contribution in [0.15, 0.2) is 35.1 Å². The van der Waals surface area contributed by atoms with Crippen LogP contribution in [0.2, 0.25) is 0 Å². The third-order valence-corrected chi connectivity index (χ3v) is 4.39. The van der Waals surface area contributed by atoms with E-state index in [4.69, 9.17) is 0 Å². The highest BCUT2D eigenvalue weighted by molar-refractivity contribution is 5.94. The van der Waals surface area contributed by atoms with E-state index in [1.54, 1.807) is 19.9 Å². The Hall–Kier alpha value is -3.56. The van der Waals surface area contributed by atoms with Gasteiger partial charge in [0.1, 0.15) is 11.7 Å². The van der Waals surface area contributed by atoms with Gasteiger partial charge in [0.2, 0.25) is 5.43 Å². The Kier molecular flexibility index (Phi) is 6.24. The third-order valence-electron chi connectivity index (χ3n) is 4.39. The zero-order valence-corrected chi connectivity index (χ0v) is 15.6. The van der Waals surface area contributed by atoms with Gasteiger partial charge in [-0.25, -0.2) is 9.48 Å². The standard InChI is InChI=1S/C18H20N4O6/c1-4-10(2)15(18(25)26)19-17(24)16-14(23)9-11(3)21(20-16)12-7-5-6-8-13(12)22(27)28/h5-10,15H,4H2,1-3H3,(H,19,24)(H,25,26)/t10-,15-/m0/s1. The fourth-order valence-corrected chi connectivity index (χ4v) is 2.64. The Morgan fingerprint density at radius 1 is 1.36 bits per heavy atom. The molecule has 10 nitrogen and oxygen atoms in total. The molecule has 1 aromatic heterocycles. The average Bonchev–Trinajstić information content (AvgIpc) is 2.65. The first kappa shape index (κ1) is 20.7. The van der Waals surface area contributed by atoms with Gasteiger partial charge in [0.05, 0.1) is 4.92 Å². The number of carboxylic acids is 1. The molecule has 0 aliphatic rings. The van der Waals surface area contributed by atoms with Crippen molar-refractivity contribution in [2.24, 2.45) is 5.92 Å². The summed E-state index contributed by atoms with van der Waals surface area (Å²) >= 11 is 0. The summed E-state index contributed by atoms with van der Waals surface area (Å²) in [6.45, 7) is 4.96. The molecule has 2 rings (SSSR count). The Morgan fingerprint density at radius 3 is 2.57 bits per heavy atom. The van der Waals surface area contributed by atoms with Crippen molar-refractivity contribution in [2.45, 2.75) is 33.2 Å². The molecular formula is C18H20N4O6. The minimum atomic E-state index is -1.23. The predicted octanol–water partition coefficient (Wildman–Crippen LogP) is 1.68. The molecule has 2 aromatic rings. The molecule has 0 saturated heterocycles. The maximum absolute atomic E-state index is 12.5. The van der Waals surface area contributed by atoms with Crippen molar-refractivity contribution in [3.05, 3.63) is 62.1 Å². The van der Waals surface area contributed by atoms with Crippen molar-refractivity contribution in [1.82, 2.24) is 15.1 Å². The molecule has 1 amide bonds. The highest BCUT2D eigenvalue weighted by atomic mass is 16.6. The maximum atomic E-state index is 12.5. The van der Waals surface area contributed by atoms with Crippen molar-refractivity contribution in [1.29, 1.82) is 0 Å². The van der Waals surface area contributed by atoms with Crippen molar-refractivity contribution in [3.63, 3.8) is 0 Å². The quantitative estimate of drug-likeness (QED) is 0.542. The van der Waals surface area contributed by atoms with Gasteiger partial charge in [0, 0.05) is 17.8 Å². The monoisotopic (exact) mass is 388 g/mol. The molecule has 28 heavy (non-hydrogen) atoms. The summed E-state index contributed by atoms with van der Waals surface area (Å²) in [6.07, 6.45) is 0.499. The summed E-state index contributed by atoms with van der Waals surface area (Å²) in [5, 5.41) is 26.9. The van der Waals surface area contributed by atoms with E-state index in [1.165, 1.54) is 25.1 Å². The zero-order chi connectivity index (χ0) is 21.0. The second-order valence-electron chi connectivity index (χ2n) is 6.33. The van der Waals surface area contributed by atoms with Gasteiger partial charge >= 0.3 is 5.97 Å². The van der Waals surface area contributed by atoms with Crippen molar-refractivity contribution in [3.8, 4) is 5.69 Å². The summed E-state index contributed by atoms with van der Waals surface area (Å²) in [5.74, 6) is -2.55. The number of hydrogen-bond donors (Lipinski definition) is 2. The molecule has 2 N–H and O–H groups in total. The Morgan fingerprint density at radius 2 is 2.00 bits per heavy atom. The van der Waals surface area contributed by atoms with E-state index in [-0.39, 0.29) is 23.0 Å². The SMILES string of the molecule is CC[C@H](C)[C@H](NC(=O)c1nn(-c2ccccc2[N+](=O)[O-])c(C)cc1=O)C(=O)O. The minimum absolute atomic E-state index is 0.0794. The lowest BCUT2D eigenvalue weighted by Gasteiger charge is -2.20. The molecule has 148 valence electrons. The topological polar surface area (TPSA) is 144 Å². The Bertz CT molecular complexity index is 984. The van der Waals surface area contributed by atoms with Gasteiger partial charge in [-0.05, 0) is 18.9 Å². The van der Waals surface area contributed by atoms with Gasteiger partial charge < -0.3 is 10.4 Å². The summed E-state index contributed by atoms with van der Waals surface area (Å²) in [5.41, 5.74) is -1.14. The highest BCUT2D eigenvalue weighted by Crippen LogP contribution is 2.22. The number of para-hydroxylation sites is 2. The second-order valence-corrected chi connectivity index (χ2v) is 6.33. The third kappa shape index (κ3) is 4.22. The van der Waals surface area contributed by atoms with E-state index in [2.05, 4.69) is 10.4 Å². The van der Waals surface area contributed by atoms with Crippen LogP contribution in [0.3, 0.4) is 0 Å². The number of aromatic nitrogens is 2. The average molecular weight is 388 g/mol. The molecule has 0 unspecified atom stereocenters. The molecule has 0 fully saturated rings. The number of amides is 1. The summed E-state index contributed by atoms with van der Waals surface area (Å²) in [6, 6.07) is 5.68. The molecule has 0 saturated carbocycles. The van der Waals surface area contributed by atoms with Crippen molar-refractivity contribution >= 4 is 17.6 Å². The predicted molar refractivity (Wildman–Crippen MR) is 99.6 cm³/mol. The van der Waals surface area contributed by atoms with Crippen molar-refractivity contribution in [2.75, 3.05) is 0 Å². The number of hydrogen-bond acceptors (Lipinski definition) is 6. The first-order valence-electron chi connectivity index (χ1n) is 8.55. The van der Waals surface area contributed by atoms with E-state index < -0.39 is 34.0 Å². The van der Waals surface area contributed by atoms with Crippen molar-refractivity contribution < 1.29 is 19.6 Å². The number of carbonyl (C=O) groups is 2. The Labute approximate surface area is 160 Å². The number of rotatable bonds is 7. The fourth-order valence-electron chi connectivity index (χ4n) is 2.64. The number of aryl methyl sites for hydroxylation is 1. The van der Waals surface area contributed by atoms with Crippen LogP contribution in [-0.4, -0.2) is 37.7 Å². The van der Waals surface area contributed by atoms with E-state index in [0.717, 1.165) is 10.7 Å². The first-order chi connectivity index (χ1) is 13.2. The summed E-state index contributed by atoms with van der Waals surface area (Å²) in [4.78, 5) is 46.9. The van der Waals surface area contributed by atoms with E-state index in [1.807, 2.05) is 0 Å². The number of carbonyl (C=O) groups excluding carboxylic acids is 1. The van der Waals surface area contributed by atoms with Crippen LogP contribution in [0, 0.1) is 23.0 Å². The molecule has 2 atom stereocenters. The van der Waals surface area contributed by atoms with Gasteiger partial charge in [0.15, 0.2) is 5.69 Å². The van der Waals surface area contributed by atoms with Gasteiger partial charge in [-0.15, -0.1) is 0 Å². The van der Waals surface area contributed by atoms with Crippen LogP contribution in [-0.2, 0) is 4.79 Å². The summed E-state index contributed by atoms with van der Waals surface area (Å²) in [7, 11) is 0. The molecule has 1 aromatic carbocycles. The number of nitrogens with one attached hydrogen (secondary N) is 1. The van der Waals surface area contributed by atoms with Gasteiger partial charge in [-0.3, -0.25) is 19.7 Å². The summed E-state index contributed by atoms with van der Waals surface area (Å²) < 4.78 is 1.12. The molecule has 1 heterocycles. The van der Waals surface area contributed by atoms with E-state index in [9.17, 15) is 29.6 Å². The number of benzene rings is 1. The highest BCUT2D eigenvalue weighted by Gasteiger charge is 2.28. The zero-order valence-electron chi connectivity index (χ0n) is 15.6. The van der Waals surface area contributed by atoms with Gasteiger partial charge in [-0.1, -0.05) is 32.4 Å². The van der Waals surface area contributed by atoms with Crippen LogP contribution in [0.1, 0.15) is 36.5 Å². The molecule has 0 radical (unpaired) electrons. The first-order valence-corrected chi connectivity index (χ1v) is 8.55. The second kappa shape index (κ2) is 8.42. The number of nitro benzene ring substituents is 1. The normalized spacial score (nSPS) is 12.8. The molecule has 10 heteroatoms. The smallest absolute Gasteiger partial charge is 0.326 e. The minimum Gasteiger partial charge on any atom is -0.480 e. The van der Waals surface area contributed by atoms with Gasteiger partial charge in [-0.2, -0.15) is 5.10 Å². The van der Waals surface area contributed by atoms with Gasteiger partial charge in [0.25, 0.3) is 11.6 Å². The van der Waals surface area contributed by atoms with Crippen LogP contribution in [0.5, 0.6) is 0 Å². The van der Waals surface area contributed by atoms with Crippen LogP contribution < -0.4 is 10.7 Å². The molecule has 0 aliphatic heterocycles. The van der Waals surface area contributed by atoms with E-state index >= 15 is 0 Å². The lowest BCUT2D eigenvalue weighted by atomic mass is 9.99. The molecule has 0 spiro atoms. The number of carboxylic acid groups (broad SMARTS) is 1. The molecule has 0 bridgehead atoms. The van der Waals surface area contributed by atoms with E-state index in [0.29, 0.717) is 6.42 Å². The largest absolute Gasteiger partial charge is 0.480 e. The lowest BCUT2D eigenvalue weighted by Crippen LogP contribution is -2.46. The lowest BCUT2D eigenvalue weighted by molar-refractivity contribution is -0.384.